The molecule has 0 aliphatic heterocycles. The molecule has 0 fully saturated rings. The minimum absolute atomic E-state index is 0. The van der Waals surface area contributed by atoms with Crippen LogP contribution in [0.5, 0.6) is 5.75 Å². The summed E-state index contributed by atoms with van der Waals surface area (Å²) in [4.78, 5) is 16.1. The predicted octanol–water partition coefficient (Wildman–Crippen LogP) is 2.98. The second-order valence-electron chi connectivity index (χ2n) is 6.06. The number of ether oxygens (including phenoxy) is 1. The highest BCUT2D eigenvalue weighted by Gasteiger charge is 2.03. The monoisotopic (exact) mass is 496 g/mol. The summed E-state index contributed by atoms with van der Waals surface area (Å²) >= 11 is 0. The summed E-state index contributed by atoms with van der Waals surface area (Å²) in [5, 5.41) is 9.33. The lowest BCUT2D eigenvalue weighted by molar-refractivity contribution is 0.0953. The zero-order valence-corrected chi connectivity index (χ0v) is 18.7. The van der Waals surface area contributed by atoms with Crippen LogP contribution in [0.15, 0.2) is 59.6 Å². The highest BCUT2D eigenvalue weighted by molar-refractivity contribution is 14.0. The van der Waals surface area contributed by atoms with E-state index in [1.54, 1.807) is 19.2 Å². The molecule has 7 heteroatoms. The number of rotatable bonds is 9. The van der Waals surface area contributed by atoms with Crippen molar-refractivity contribution in [2.45, 2.75) is 13.3 Å². The first-order valence-corrected chi connectivity index (χ1v) is 9.16. The average molecular weight is 496 g/mol. The number of aryl methyl sites for hydroxylation is 1. The maximum Gasteiger partial charge on any atom is 0.251 e. The van der Waals surface area contributed by atoms with Crippen LogP contribution in [0.4, 0.5) is 0 Å². The average Bonchev–Trinajstić information content (AvgIpc) is 2.71. The first kappa shape index (κ1) is 23.7. The van der Waals surface area contributed by atoms with Crippen LogP contribution in [0.1, 0.15) is 22.3 Å². The molecule has 0 radical (unpaired) electrons. The standard InChI is InChI=1S/C21H28N4O2.HI/c1-17-9-11-19(12-10-17)27-16-15-25-21(22-2)24-14-6-13-23-20(26)18-7-4-3-5-8-18;/h3-5,7-12H,6,13-16H2,1-2H3,(H,23,26)(H2,22,24,25);1H. The Labute approximate surface area is 184 Å². The number of hydrogen-bond donors (Lipinski definition) is 3. The summed E-state index contributed by atoms with van der Waals surface area (Å²) in [5.41, 5.74) is 1.89. The molecule has 0 bridgehead atoms. The fraction of sp³-hybridized carbons (Fsp3) is 0.333. The molecule has 0 aliphatic rings. The van der Waals surface area contributed by atoms with Gasteiger partial charge >= 0.3 is 0 Å². The van der Waals surface area contributed by atoms with E-state index in [0.29, 0.717) is 31.8 Å². The topological polar surface area (TPSA) is 74.8 Å². The largest absolute Gasteiger partial charge is 0.492 e. The number of guanidine groups is 1. The van der Waals surface area contributed by atoms with Gasteiger partial charge in [0, 0.05) is 25.7 Å². The maximum atomic E-state index is 11.9. The Morgan fingerprint density at radius 2 is 1.57 bits per heavy atom. The summed E-state index contributed by atoms with van der Waals surface area (Å²) in [6.07, 6.45) is 0.805. The molecule has 0 aliphatic carbocycles. The number of aliphatic imine (C=N–C) groups is 1. The van der Waals surface area contributed by atoms with Gasteiger partial charge < -0.3 is 20.7 Å². The van der Waals surface area contributed by atoms with Crippen molar-refractivity contribution in [3.63, 3.8) is 0 Å². The summed E-state index contributed by atoms with van der Waals surface area (Å²) in [6, 6.07) is 17.2. The third-order valence-electron chi connectivity index (χ3n) is 3.88. The van der Waals surface area contributed by atoms with E-state index in [2.05, 4.69) is 20.9 Å². The molecule has 2 rings (SSSR count). The van der Waals surface area contributed by atoms with Crippen LogP contribution in [0, 0.1) is 6.92 Å². The van der Waals surface area contributed by atoms with Gasteiger partial charge in [-0.15, -0.1) is 24.0 Å². The van der Waals surface area contributed by atoms with Gasteiger partial charge in [-0.05, 0) is 37.6 Å². The number of hydrogen-bond acceptors (Lipinski definition) is 3. The number of nitrogens with zero attached hydrogens (tertiary/aromatic N) is 1. The van der Waals surface area contributed by atoms with Crippen molar-refractivity contribution in [2.24, 2.45) is 4.99 Å². The summed E-state index contributed by atoms with van der Waals surface area (Å²) < 4.78 is 5.67. The minimum atomic E-state index is -0.0497. The van der Waals surface area contributed by atoms with Crippen LogP contribution in [-0.4, -0.2) is 45.2 Å². The molecule has 0 unspecified atom stereocenters. The Balaban J connectivity index is 0.00000392. The molecule has 0 spiro atoms. The molecule has 2 aromatic rings. The van der Waals surface area contributed by atoms with E-state index >= 15 is 0 Å². The molecule has 152 valence electrons. The van der Waals surface area contributed by atoms with Gasteiger partial charge in [-0.2, -0.15) is 0 Å². The molecule has 0 atom stereocenters. The van der Waals surface area contributed by atoms with Crippen molar-refractivity contribution in [2.75, 3.05) is 33.3 Å². The van der Waals surface area contributed by atoms with Gasteiger partial charge in [-0.3, -0.25) is 9.79 Å². The zero-order chi connectivity index (χ0) is 19.3. The van der Waals surface area contributed by atoms with Crippen molar-refractivity contribution in [3.05, 3.63) is 65.7 Å². The highest BCUT2D eigenvalue weighted by atomic mass is 127. The van der Waals surface area contributed by atoms with Gasteiger partial charge in [-0.1, -0.05) is 35.9 Å². The molecule has 1 amide bonds. The summed E-state index contributed by atoms with van der Waals surface area (Å²) in [6.45, 7) is 4.57. The molecule has 6 nitrogen and oxygen atoms in total. The maximum absolute atomic E-state index is 11.9. The van der Waals surface area contributed by atoms with E-state index in [1.807, 2.05) is 49.4 Å². The van der Waals surface area contributed by atoms with Gasteiger partial charge in [0.25, 0.3) is 5.91 Å². The Bertz CT molecular complexity index is 721. The van der Waals surface area contributed by atoms with Crippen LogP contribution >= 0.6 is 24.0 Å². The lowest BCUT2D eigenvalue weighted by Crippen LogP contribution is -2.40. The fourth-order valence-corrected chi connectivity index (χ4v) is 2.38. The number of benzene rings is 2. The van der Waals surface area contributed by atoms with E-state index in [-0.39, 0.29) is 29.9 Å². The Hall–Kier alpha value is -2.29. The van der Waals surface area contributed by atoms with Crippen LogP contribution in [0.3, 0.4) is 0 Å². The molecule has 0 saturated carbocycles. The van der Waals surface area contributed by atoms with Crippen LogP contribution < -0.4 is 20.7 Å². The lowest BCUT2D eigenvalue weighted by Gasteiger charge is -2.13. The number of carbonyl (C=O) groups excluding carboxylic acids is 1. The number of carbonyl (C=O) groups is 1. The van der Waals surface area contributed by atoms with Crippen LogP contribution in [0.25, 0.3) is 0 Å². The summed E-state index contributed by atoms with van der Waals surface area (Å²) in [5.74, 6) is 1.53. The van der Waals surface area contributed by atoms with Crippen LogP contribution in [0.2, 0.25) is 0 Å². The normalized spacial score (nSPS) is 10.6. The quantitative estimate of drug-likeness (QED) is 0.216. The van der Waals surface area contributed by atoms with Gasteiger partial charge in [0.2, 0.25) is 0 Å². The Morgan fingerprint density at radius 3 is 2.25 bits per heavy atom. The molecular weight excluding hydrogens is 467 g/mol. The van der Waals surface area contributed by atoms with Gasteiger partial charge in [0.1, 0.15) is 12.4 Å². The Kier molecular flexibility index (Phi) is 11.7. The van der Waals surface area contributed by atoms with Crippen LogP contribution in [-0.2, 0) is 0 Å². The smallest absolute Gasteiger partial charge is 0.251 e. The van der Waals surface area contributed by atoms with E-state index in [9.17, 15) is 4.79 Å². The number of halogens is 1. The number of nitrogens with one attached hydrogen (secondary N) is 3. The van der Waals surface area contributed by atoms with E-state index in [0.717, 1.165) is 18.1 Å². The van der Waals surface area contributed by atoms with Crippen molar-refractivity contribution in [3.8, 4) is 5.75 Å². The van der Waals surface area contributed by atoms with E-state index in [4.69, 9.17) is 4.74 Å². The van der Waals surface area contributed by atoms with E-state index in [1.165, 1.54) is 5.56 Å². The zero-order valence-electron chi connectivity index (χ0n) is 16.4. The third kappa shape index (κ3) is 9.07. The van der Waals surface area contributed by atoms with Gasteiger partial charge in [0.15, 0.2) is 5.96 Å². The number of amides is 1. The predicted molar refractivity (Wildman–Crippen MR) is 125 cm³/mol. The van der Waals surface area contributed by atoms with Crippen molar-refractivity contribution >= 4 is 35.8 Å². The molecule has 3 N–H and O–H groups in total. The van der Waals surface area contributed by atoms with Crippen molar-refractivity contribution < 1.29 is 9.53 Å². The van der Waals surface area contributed by atoms with Gasteiger partial charge in [-0.25, -0.2) is 0 Å². The highest BCUT2D eigenvalue weighted by Crippen LogP contribution is 2.10. The van der Waals surface area contributed by atoms with Crippen molar-refractivity contribution in [1.82, 2.24) is 16.0 Å². The van der Waals surface area contributed by atoms with Crippen molar-refractivity contribution in [1.29, 1.82) is 0 Å². The summed E-state index contributed by atoms with van der Waals surface area (Å²) in [7, 11) is 1.73. The molecular formula is C21H29IN4O2. The van der Waals surface area contributed by atoms with Gasteiger partial charge in [0.05, 0.1) is 6.54 Å². The lowest BCUT2D eigenvalue weighted by atomic mass is 10.2. The second-order valence-corrected chi connectivity index (χ2v) is 6.06. The minimum Gasteiger partial charge on any atom is -0.492 e. The first-order valence-electron chi connectivity index (χ1n) is 9.16. The molecule has 28 heavy (non-hydrogen) atoms. The molecule has 2 aromatic carbocycles. The Morgan fingerprint density at radius 1 is 0.929 bits per heavy atom. The third-order valence-corrected chi connectivity index (χ3v) is 3.88. The molecule has 0 aromatic heterocycles. The first-order chi connectivity index (χ1) is 13.2. The molecule has 0 heterocycles. The van der Waals surface area contributed by atoms with E-state index < -0.39 is 0 Å². The fourth-order valence-electron chi connectivity index (χ4n) is 2.38. The molecule has 0 saturated heterocycles. The SMILES string of the molecule is CN=C(NCCCNC(=O)c1ccccc1)NCCOc1ccc(C)cc1.I. The second kappa shape index (κ2) is 13.8.